The predicted molar refractivity (Wildman–Crippen MR) is 86.2 cm³/mol. The number of carbonyl (C=O) groups is 1. The molecule has 0 unspecified atom stereocenters. The summed E-state index contributed by atoms with van der Waals surface area (Å²) in [6.45, 7) is 0. The van der Waals surface area contributed by atoms with Crippen LogP contribution in [0.5, 0.6) is 0 Å². The van der Waals surface area contributed by atoms with Crippen molar-refractivity contribution in [3.05, 3.63) is 60.8 Å². The summed E-state index contributed by atoms with van der Waals surface area (Å²) >= 11 is 11.3. The number of hydrogen-bond donors (Lipinski definition) is 1. The van der Waals surface area contributed by atoms with E-state index in [1.165, 1.54) is 18.2 Å². The van der Waals surface area contributed by atoms with Crippen molar-refractivity contribution in [1.82, 2.24) is 0 Å². The van der Waals surface area contributed by atoms with Gasteiger partial charge in [0, 0.05) is 13.6 Å². The molecule has 1 N–H and O–H groups in total. The molecule has 2 nitrogen and oxygen atoms in total. The van der Waals surface area contributed by atoms with Crippen molar-refractivity contribution in [2.45, 2.75) is 0 Å². The van der Waals surface area contributed by atoms with Crippen LogP contribution in [0.15, 0.2) is 40.9 Å². The lowest BCUT2D eigenvalue weighted by molar-refractivity contribution is 0.102. The van der Waals surface area contributed by atoms with E-state index in [0.29, 0.717) is 20.7 Å². The zero-order chi connectivity index (χ0) is 14.0. The molecule has 19 heavy (non-hydrogen) atoms. The van der Waals surface area contributed by atoms with E-state index < -0.39 is 5.82 Å². The standard InChI is InChI=1S/C13H7BrClFINO/c14-9-3-2-8(16)6-12(9)18-13(19)7-1-4-11(17)10(15)5-7/h1-6H,(H,18,19). The van der Waals surface area contributed by atoms with Crippen molar-refractivity contribution in [2.75, 3.05) is 5.32 Å². The third kappa shape index (κ3) is 3.67. The molecule has 0 bridgehead atoms. The lowest BCUT2D eigenvalue weighted by Crippen LogP contribution is -2.12. The zero-order valence-corrected chi connectivity index (χ0v) is 13.9. The highest BCUT2D eigenvalue weighted by Gasteiger charge is 2.10. The van der Waals surface area contributed by atoms with E-state index in [4.69, 9.17) is 11.6 Å². The van der Waals surface area contributed by atoms with Gasteiger partial charge in [0.2, 0.25) is 0 Å². The van der Waals surface area contributed by atoms with Crippen molar-refractivity contribution in [3.8, 4) is 0 Å². The maximum Gasteiger partial charge on any atom is 0.255 e. The fourth-order valence-electron chi connectivity index (χ4n) is 1.43. The van der Waals surface area contributed by atoms with Gasteiger partial charge in [0.05, 0.1) is 10.7 Å². The van der Waals surface area contributed by atoms with Crippen molar-refractivity contribution < 1.29 is 9.18 Å². The third-order valence-electron chi connectivity index (χ3n) is 2.36. The summed E-state index contributed by atoms with van der Waals surface area (Å²) in [5.41, 5.74) is 0.793. The summed E-state index contributed by atoms with van der Waals surface area (Å²) in [5.74, 6) is -0.760. The van der Waals surface area contributed by atoms with Crippen molar-refractivity contribution >= 4 is 61.7 Å². The molecule has 0 aliphatic heterocycles. The number of nitrogens with one attached hydrogen (secondary N) is 1. The van der Waals surface area contributed by atoms with Crippen LogP contribution in [0.1, 0.15) is 10.4 Å². The second kappa shape index (κ2) is 6.19. The van der Waals surface area contributed by atoms with E-state index in [1.807, 2.05) is 0 Å². The summed E-state index contributed by atoms with van der Waals surface area (Å²) < 4.78 is 14.6. The maximum atomic E-state index is 13.1. The van der Waals surface area contributed by atoms with Crippen LogP contribution in [0.4, 0.5) is 10.1 Å². The molecule has 0 spiro atoms. The minimum Gasteiger partial charge on any atom is -0.321 e. The van der Waals surface area contributed by atoms with Gasteiger partial charge < -0.3 is 5.32 Å². The summed E-state index contributed by atoms with van der Waals surface area (Å²) in [5, 5.41) is 3.13. The number of amides is 1. The molecule has 1 amide bonds. The molecular weight excluding hydrogens is 447 g/mol. The van der Waals surface area contributed by atoms with Crippen LogP contribution in [0, 0.1) is 9.39 Å². The van der Waals surface area contributed by atoms with Crippen molar-refractivity contribution in [2.24, 2.45) is 0 Å². The van der Waals surface area contributed by atoms with E-state index in [1.54, 1.807) is 18.2 Å². The Hall–Kier alpha value is -0.660. The van der Waals surface area contributed by atoms with E-state index in [-0.39, 0.29) is 5.91 Å². The van der Waals surface area contributed by atoms with Gasteiger partial charge >= 0.3 is 0 Å². The van der Waals surface area contributed by atoms with E-state index in [9.17, 15) is 9.18 Å². The van der Waals surface area contributed by atoms with Gasteiger partial charge in [-0.3, -0.25) is 4.79 Å². The molecule has 0 saturated heterocycles. The molecule has 0 aromatic heterocycles. The zero-order valence-electron chi connectivity index (χ0n) is 9.38. The molecule has 0 atom stereocenters. The van der Waals surface area contributed by atoms with E-state index in [0.717, 1.165) is 3.57 Å². The molecule has 0 heterocycles. The summed E-state index contributed by atoms with van der Waals surface area (Å²) in [7, 11) is 0. The van der Waals surface area contributed by atoms with Crippen LogP contribution < -0.4 is 5.32 Å². The molecule has 6 heteroatoms. The van der Waals surface area contributed by atoms with Crippen molar-refractivity contribution in [1.29, 1.82) is 0 Å². The second-order valence-electron chi connectivity index (χ2n) is 3.71. The first-order valence-electron chi connectivity index (χ1n) is 5.19. The Balaban J connectivity index is 2.25. The summed E-state index contributed by atoms with van der Waals surface area (Å²) in [6.07, 6.45) is 0. The normalized spacial score (nSPS) is 10.3. The molecule has 2 aromatic carbocycles. The monoisotopic (exact) mass is 453 g/mol. The highest BCUT2D eigenvalue weighted by Crippen LogP contribution is 2.25. The van der Waals surface area contributed by atoms with Crippen molar-refractivity contribution in [3.63, 3.8) is 0 Å². The van der Waals surface area contributed by atoms with Gasteiger partial charge in [0.1, 0.15) is 5.82 Å². The molecule has 0 radical (unpaired) electrons. The number of anilines is 1. The Morgan fingerprint density at radius 2 is 2.00 bits per heavy atom. The van der Waals surface area contributed by atoms with Gasteiger partial charge in [-0.15, -0.1) is 0 Å². The molecule has 2 rings (SSSR count). The molecule has 0 aliphatic rings. The Bertz CT molecular complexity index is 651. The largest absolute Gasteiger partial charge is 0.321 e. The Kier molecular flexibility index (Phi) is 4.81. The second-order valence-corrected chi connectivity index (χ2v) is 6.13. The topological polar surface area (TPSA) is 29.1 Å². The minimum atomic E-state index is -0.417. The van der Waals surface area contributed by atoms with Crippen LogP contribution in [-0.4, -0.2) is 5.91 Å². The maximum absolute atomic E-state index is 13.1. The summed E-state index contributed by atoms with van der Waals surface area (Å²) in [6, 6.07) is 9.07. The van der Waals surface area contributed by atoms with Crippen LogP contribution in [0.2, 0.25) is 5.02 Å². The quantitative estimate of drug-likeness (QED) is 0.629. The van der Waals surface area contributed by atoms with Crippen LogP contribution >= 0.6 is 50.1 Å². The van der Waals surface area contributed by atoms with E-state index >= 15 is 0 Å². The third-order valence-corrected chi connectivity index (χ3v) is 4.62. The first kappa shape index (κ1) is 14.7. The lowest BCUT2D eigenvalue weighted by Gasteiger charge is -2.08. The number of rotatable bonds is 2. The molecular formula is C13H7BrClFINO. The Labute approximate surface area is 136 Å². The Morgan fingerprint density at radius 1 is 1.26 bits per heavy atom. The highest BCUT2D eigenvalue weighted by molar-refractivity contribution is 14.1. The van der Waals surface area contributed by atoms with Crippen LogP contribution in [0.25, 0.3) is 0 Å². The molecule has 2 aromatic rings. The van der Waals surface area contributed by atoms with Gasteiger partial charge in [0.25, 0.3) is 5.91 Å². The number of carbonyl (C=O) groups excluding carboxylic acids is 1. The van der Waals surface area contributed by atoms with E-state index in [2.05, 4.69) is 43.8 Å². The minimum absolute atomic E-state index is 0.343. The van der Waals surface area contributed by atoms with Gasteiger partial charge in [-0.1, -0.05) is 11.6 Å². The summed E-state index contributed by atoms with van der Waals surface area (Å²) in [4.78, 5) is 12.0. The number of benzene rings is 2. The molecule has 0 saturated carbocycles. The first-order valence-corrected chi connectivity index (χ1v) is 7.44. The fourth-order valence-corrected chi connectivity index (χ4v) is 2.29. The first-order chi connectivity index (χ1) is 8.97. The van der Waals surface area contributed by atoms with Crippen LogP contribution in [-0.2, 0) is 0 Å². The highest BCUT2D eigenvalue weighted by atomic mass is 127. The average Bonchev–Trinajstić information content (AvgIpc) is 2.37. The lowest BCUT2D eigenvalue weighted by atomic mass is 10.2. The van der Waals surface area contributed by atoms with Gasteiger partial charge in [-0.25, -0.2) is 4.39 Å². The number of halogens is 4. The predicted octanol–water partition coefficient (Wildman–Crippen LogP) is 5.10. The fraction of sp³-hybridized carbons (Fsp3) is 0. The van der Waals surface area contributed by atoms with Gasteiger partial charge in [-0.05, 0) is 74.9 Å². The Morgan fingerprint density at radius 3 is 2.68 bits per heavy atom. The smallest absolute Gasteiger partial charge is 0.255 e. The van der Waals surface area contributed by atoms with Gasteiger partial charge in [-0.2, -0.15) is 0 Å². The molecule has 0 aliphatic carbocycles. The van der Waals surface area contributed by atoms with Gasteiger partial charge in [0.15, 0.2) is 0 Å². The molecule has 98 valence electrons. The average molecular weight is 454 g/mol. The molecule has 0 fully saturated rings. The SMILES string of the molecule is O=C(Nc1cc(F)ccc1Br)c1ccc(I)c(Cl)c1. The van der Waals surface area contributed by atoms with Crippen LogP contribution in [0.3, 0.4) is 0 Å². The number of hydrogen-bond acceptors (Lipinski definition) is 1.